The van der Waals surface area contributed by atoms with E-state index >= 15 is 0 Å². The first-order chi connectivity index (χ1) is 7.43. The lowest BCUT2D eigenvalue weighted by atomic mass is 10.2. The molecular formula is C9H10N2O5. The minimum absolute atomic E-state index is 0.281. The van der Waals surface area contributed by atoms with Gasteiger partial charge in [0.1, 0.15) is 6.04 Å². The smallest absolute Gasteiger partial charge is 0.328 e. The Labute approximate surface area is 90.6 Å². The molecule has 0 aromatic heterocycles. The van der Waals surface area contributed by atoms with Crippen molar-refractivity contribution in [2.45, 2.75) is 13.0 Å². The minimum Gasteiger partial charge on any atom is -0.499 e. The summed E-state index contributed by atoms with van der Waals surface area (Å²) >= 11 is 0. The molecule has 0 unspecified atom stereocenters. The van der Waals surface area contributed by atoms with Crippen LogP contribution in [0.2, 0.25) is 0 Å². The van der Waals surface area contributed by atoms with Crippen LogP contribution in [0.25, 0.3) is 0 Å². The number of nitrogens with two attached hydrogens (primary N) is 1. The van der Waals surface area contributed by atoms with Gasteiger partial charge < -0.3 is 15.6 Å². The number of ether oxygens (including phenoxy) is 1. The SMILES string of the molecule is C[C@H](N)C(=O)Oc1cccc([N+](=O)[O-])c1O. The molecule has 0 heterocycles. The van der Waals surface area contributed by atoms with Gasteiger partial charge in [0.05, 0.1) is 4.92 Å². The van der Waals surface area contributed by atoms with E-state index in [-0.39, 0.29) is 5.75 Å². The first-order valence-electron chi connectivity index (χ1n) is 4.37. The molecule has 1 aromatic rings. The fourth-order valence-electron chi connectivity index (χ4n) is 0.942. The lowest BCUT2D eigenvalue weighted by Gasteiger charge is -2.07. The van der Waals surface area contributed by atoms with Gasteiger partial charge in [0.25, 0.3) is 0 Å². The van der Waals surface area contributed by atoms with E-state index in [4.69, 9.17) is 5.73 Å². The summed E-state index contributed by atoms with van der Waals surface area (Å²) in [6, 6.07) is 2.75. The molecule has 1 rings (SSSR count). The second-order valence-corrected chi connectivity index (χ2v) is 3.09. The first-order valence-corrected chi connectivity index (χ1v) is 4.37. The second kappa shape index (κ2) is 4.58. The van der Waals surface area contributed by atoms with E-state index in [1.807, 2.05) is 0 Å². The van der Waals surface area contributed by atoms with Gasteiger partial charge >= 0.3 is 11.7 Å². The highest BCUT2D eigenvalue weighted by molar-refractivity contribution is 5.78. The number of phenols is 1. The van der Waals surface area contributed by atoms with Gasteiger partial charge in [0.2, 0.25) is 5.75 Å². The Kier molecular flexibility index (Phi) is 3.41. The summed E-state index contributed by atoms with van der Waals surface area (Å²) in [7, 11) is 0. The molecule has 1 atom stereocenters. The van der Waals surface area contributed by atoms with Gasteiger partial charge in [0, 0.05) is 6.07 Å². The third-order valence-corrected chi connectivity index (χ3v) is 1.76. The van der Waals surface area contributed by atoms with Crippen molar-refractivity contribution in [2.24, 2.45) is 5.73 Å². The molecule has 86 valence electrons. The standard InChI is InChI=1S/C9H10N2O5/c1-5(10)9(13)16-7-4-2-3-6(8(7)12)11(14)15/h2-5,12H,10H2,1H3/t5-/m0/s1. The number of aromatic hydroxyl groups is 1. The zero-order valence-corrected chi connectivity index (χ0v) is 8.41. The minimum atomic E-state index is -0.876. The summed E-state index contributed by atoms with van der Waals surface area (Å²) < 4.78 is 4.68. The van der Waals surface area contributed by atoms with Gasteiger partial charge in [-0.1, -0.05) is 6.07 Å². The molecule has 7 nitrogen and oxygen atoms in total. The molecule has 0 aliphatic heterocycles. The van der Waals surface area contributed by atoms with E-state index in [1.165, 1.54) is 19.1 Å². The monoisotopic (exact) mass is 226 g/mol. The number of phenolic OH excluding ortho intramolecular Hbond substituents is 1. The molecule has 3 N–H and O–H groups in total. The van der Waals surface area contributed by atoms with Crippen LogP contribution in [0.1, 0.15) is 6.92 Å². The third kappa shape index (κ3) is 2.45. The average Bonchev–Trinajstić information content (AvgIpc) is 2.20. The molecule has 1 aromatic carbocycles. The van der Waals surface area contributed by atoms with Gasteiger partial charge in [-0.3, -0.25) is 10.1 Å². The predicted molar refractivity (Wildman–Crippen MR) is 54.0 cm³/mol. The first kappa shape index (κ1) is 11.9. The summed E-state index contributed by atoms with van der Waals surface area (Å²) in [4.78, 5) is 20.8. The van der Waals surface area contributed by atoms with E-state index in [1.54, 1.807) is 0 Å². The molecule has 0 saturated carbocycles. The summed E-state index contributed by atoms with van der Waals surface area (Å²) in [6.45, 7) is 1.40. The van der Waals surface area contributed by atoms with Crippen molar-refractivity contribution >= 4 is 11.7 Å². The van der Waals surface area contributed by atoms with Gasteiger partial charge in [-0.15, -0.1) is 0 Å². The van der Waals surface area contributed by atoms with Crippen molar-refractivity contribution in [1.82, 2.24) is 0 Å². The number of para-hydroxylation sites is 1. The van der Waals surface area contributed by atoms with Crippen molar-refractivity contribution in [1.29, 1.82) is 0 Å². The number of hydrogen-bond donors (Lipinski definition) is 2. The maximum absolute atomic E-state index is 11.1. The van der Waals surface area contributed by atoms with Crippen LogP contribution < -0.4 is 10.5 Å². The predicted octanol–water partition coefficient (Wildman–Crippen LogP) is 0.553. The summed E-state index contributed by atoms with van der Waals surface area (Å²) in [5.74, 6) is -1.76. The van der Waals surface area contributed by atoms with Crippen molar-refractivity contribution < 1.29 is 19.6 Å². The van der Waals surface area contributed by atoms with Crippen molar-refractivity contribution in [2.75, 3.05) is 0 Å². The number of hydrogen-bond acceptors (Lipinski definition) is 6. The van der Waals surface area contributed by atoms with Crippen molar-refractivity contribution in [3.05, 3.63) is 28.3 Å². The van der Waals surface area contributed by atoms with Crippen LogP contribution in [-0.4, -0.2) is 22.0 Å². The molecule has 0 amide bonds. The highest BCUT2D eigenvalue weighted by Crippen LogP contribution is 2.35. The zero-order chi connectivity index (χ0) is 12.3. The molecule has 0 fully saturated rings. The summed E-state index contributed by atoms with van der Waals surface area (Å²) in [5.41, 5.74) is 4.71. The normalized spacial score (nSPS) is 11.9. The van der Waals surface area contributed by atoms with Crippen LogP contribution in [-0.2, 0) is 4.79 Å². The number of esters is 1. The Bertz CT molecular complexity index is 430. The van der Waals surface area contributed by atoms with Crippen molar-refractivity contribution in [3.8, 4) is 11.5 Å². The third-order valence-electron chi connectivity index (χ3n) is 1.76. The highest BCUT2D eigenvalue weighted by atomic mass is 16.6. The molecule has 16 heavy (non-hydrogen) atoms. The molecule has 0 aliphatic carbocycles. The Morgan fingerprint density at radius 3 is 2.75 bits per heavy atom. The van der Waals surface area contributed by atoms with Crippen LogP contribution in [0, 0.1) is 10.1 Å². The van der Waals surface area contributed by atoms with Crippen LogP contribution >= 0.6 is 0 Å². The fraction of sp³-hybridized carbons (Fsp3) is 0.222. The summed E-state index contributed by atoms with van der Waals surface area (Å²) in [5, 5.41) is 19.9. The number of nitro groups is 1. The molecule has 0 bridgehead atoms. The fourth-order valence-corrected chi connectivity index (χ4v) is 0.942. The second-order valence-electron chi connectivity index (χ2n) is 3.09. The molecule has 7 heteroatoms. The zero-order valence-electron chi connectivity index (χ0n) is 8.41. The Hall–Kier alpha value is -2.15. The number of carbonyl (C=O) groups is 1. The van der Waals surface area contributed by atoms with Crippen LogP contribution in [0.3, 0.4) is 0 Å². The van der Waals surface area contributed by atoms with E-state index in [0.717, 1.165) is 6.07 Å². The molecule has 0 saturated heterocycles. The number of nitrogens with zero attached hydrogens (tertiary/aromatic N) is 1. The topological polar surface area (TPSA) is 116 Å². The van der Waals surface area contributed by atoms with Gasteiger partial charge in [-0.25, -0.2) is 4.79 Å². The highest BCUT2D eigenvalue weighted by Gasteiger charge is 2.20. The largest absolute Gasteiger partial charge is 0.499 e. The number of carbonyl (C=O) groups excluding carboxylic acids is 1. The lowest BCUT2D eigenvalue weighted by Crippen LogP contribution is -2.30. The van der Waals surface area contributed by atoms with E-state index in [2.05, 4.69) is 4.74 Å². The molecule has 0 aliphatic rings. The number of benzene rings is 1. The average molecular weight is 226 g/mol. The number of rotatable bonds is 3. The van der Waals surface area contributed by atoms with E-state index < -0.39 is 28.4 Å². The molecular weight excluding hydrogens is 216 g/mol. The Morgan fingerprint density at radius 2 is 2.25 bits per heavy atom. The maximum Gasteiger partial charge on any atom is 0.328 e. The van der Waals surface area contributed by atoms with E-state index in [0.29, 0.717) is 0 Å². The maximum atomic E-state index is 11.1. The Morgan fingerprint density at radius 1 is 1.62 bits per heavy atom. The quantitative estimate of drug-likeness (QED) is 0.336. The van der Waals surface area contributed by atoms with Gasteiger partial charge in [0.15, 0.2) is 5.75 Å². The van der Waals surface area contributed by atoms with Crippen LogP contribution in [0.15, 0.2) is 18.2 Å². The molecule has 0 radical (unpaired) electrons. The van der Waals surface area contributed by atoms with Crippen LogP contribution in [0.4, 0.5) is 5.69 Å². The number of nitro benzene ring substituents is 1. The van der Waals surface area contributed by atoms with Crippen LogP contribution in [0.5, 0.6) is 11.5 Å². The van der Waals surface area contributed by atoms with Gasteiger partial charge in [-0.2, -0.15) is 0 Å². The summed E-state index contributed by atoms with van der Waals surface area (Å²) in [6.07, 6.45) is 0. The Balaban J connectivity index is 3.02. The lowest BCUT2D eigenvalue weighted by molar-refractivity contribution is -0.385. The van der Waals surface area contributed by atoms with E-state index in [9.17, 15) is 20.0 Å². The van der Waals surface area contributed by atoms with Crippen molar-refractivity contribution in [3.63, 3.8) is 0 Å². The van der Waals surface area contributed by atoms with Gasteiger partial charge in [-0.05, 0) is 13.0 Å². The molecule has 0 spiro atoms.